The molecule has 0 spiro atoms. The Bertz CT molecular complexity index is 502. The van der Waals surface area contributed by atoms with E-state index in [1.165, 1.54) is 11.1 Å². The lowest BCUT2D eigenvalue weighted by atomic mass is 9.58. The Kier molecular flexibility index (Phi) is 3.11. The Hall–Kier alpha value is -1.05. The highest BCUT2D eigenvalue weighted by Crippen LogP contribution is 2.57. The molecule has 0 aromatic rings. The highest BCUT2D eigenvalue weighted by Gasteiger charge is 2.58. The highest BCUT2D eigenvalue weighted by molar-refractivity contribution is 5.80. The lowest BCUT2D eigenvalue weighted by molar-refractivity contribution is -0.147. The van der Waals surface area contributed by atoms with Gasteiger partial charge in [-0.3, -0.25) is 4.79 Å². The molecule has 1 saturated carbocycles. The van der Waals surface area contributed by atoms with Gasteiger partial charge in [-0.1, -0.05) is 38.0 Å². The summed E-state index contributed by atoms with van der Waals surface area (Å²) in [6, 6.07) is 0. The van der Waals surface area contributed by atoms with E-state index < -0.39 is 0 Å². The molecule has 1 saturated heterocycles. The monoisotopic (exact) mass is 274 g/mol. The zero-order valence-electron chi connectivity index (χ0n) is 13.2. The molecule has 1 unspecified atom stereocenters. The van der Waals surface area contributed by atoms with Crippen molar-refractivity contribution in [3.05, 3.63) is 23.3 Å². The number of fused-ring (bicyclic) bond motifs is 3. The molecule has 2 fully saturated rings. The topological polar surface area (TPSA) is 26.3 Å². The number of allylic oxidation sites excluding steroid dienone is 3. The third kappa shape index (κ3) is 1.73. The minimum Gasteiger partial charge on any atom is -0.457 e. The van der Waals surface area contributed by atoms with E-state index >= 15 is 0 Å². The van der Waals surface area contributed by atoms with E-state index in [2.05, 4.69) is 39.8 Å². The van der Waals surface area contributed by atoms with Gasteiger partial charge in [0.2, 0.25) is 0 Å². The molecule has 2 aliphatic carbocycles. The zero-order chi connectivity index (χ0) is 14.5. The molecule has 20 heavy (non-hydrogen) atoms. The Balaban J connectivity index is 2.02. The van der Waals surface area contributed by atoms with Gasteiger partial charge in [-0.05, 0) is 45.1 Å². The van der Waals surface area contributed by atoms with Crippen molar-refractivity contribution >= 4 is 5.97 Å². The van der Waals surface area contributed by atoms with Crippen LogP contribution in [-0.4, -0.2) is 12.1 Å². The molecule has 3 aliphatic rings. The molecule has 0 radical (unpaired) electrons. The van der Waals surface area contributed by atoms with Gasteiger partial charge >= 0.3 is 5.97 Å². The van der Waals surface area contributed by atoms with Gasteiger partial charge in [-0.2, -0.15) is 0 Å². The van der Waals surface area contributed by atoms with Crippen molar-refractivity contribution < 1.29 is 9.53 Å². The van der Waals surface area contributed by atoms with Crippen LogP contribution >= 0.6 is 0 Å². The van der Waals surface area contributed by atoms with Crippen LogP contribution in [0.15, 0.2) is 23.3 Å². The van der Waals surface area contributed by atoms with Crippen molar-refractivity contribution in [1.82, 2.24) is 0 Å². The molecule has 1 aliphatic heterocycles. The number of ether oxygens (including phenoxy) is 1. The van der Waals surface area contributed by atoms with Crippen LogP contribution < -0.4 is 0 Å². The smallest absolute Gasteiger partial charge is 0.312 e. The number of rotatable bonds is 2. The first kappa shape index (κ1) is 13.9. The maximum Gasteiger partial charge on any atom is 0.312 e. The van der Waals surface area contributed by atoms with Crippen LogP contribution in [0, 0.1) is 16.7 Å². The fourth-order valence-electron chi connectivity index (χ4n) is 4.78. The number of hydrogen-bond acceptors (Lipinski definition) is 2. The van der Waals surface area contributed by atoms with Crippen LogP contribution in [0.5, 0.6) is 0 Å². The zero-order valence-corrected chi connectivity index (χ0v) is 13.2. The summed E-state index contributed by atoms with van der Waals surface area (Å²) in [6.07, 6.45) is 9.91. The van der Waals surface area contributed by atoms with Crippen LogP contribution in [0.3, 0.4) is 0 Å². The summed E-state index contributed by atoms with van der Waals surface area (Å²) in [4.78, 5) is 12.5. The van der Waals surface area contributed by atoms with Crippen LogP contribution in [0.2, 0.25) is 0 Å². The molecule has 0 aromatic heterocycles. The fraction of sp³-hybridized carbons (Fsp3) is 0.722. The van der Waals surface area contributed by atoms with Crippen molar-refractivity contribution in [3.63, 3.8) is 0 Å². The molecule has 2 heteroatoms. The van der Waals surface area contributed by atoms with Gasteiger partial charge in [0.05, 0.1) is 5.41 Å². The van der Waals surface area contributed by atoms with Crippen LogP contribution in [0.1, 0.15) is 59.8 Å². The van der Waals surface area contributed by atoms with E-state index in [0.717, 1.165) is 32.1 Å². The van der Waals surface area contributed by atoms with E-state index in [0.29, 0.717) is 5.92 Å². The number of esters is 1. The molecule has 110 valence electrons. The molecule has 0 bridgehead atoms. The first-order valence-electron chi connectivity index (χ1n) is 8.01. The van der Waals surface area contributed by atoms with Crippen molar-refractivity contribution in [1.29, 1.82) is 0 Å². The quantitative estimate of drug-likeness (QED) is 0.550. The third-order valence-corrected chi connectivity index (χ3v) is 5.90. The Morgan fingerprint density at radius 1 is 1.40 bits per heavy atom. The summed E-state index contributed by atoms with van der Waals surface area (Å²) in [7, 11) is 0. The average molecular weight is 274 g/mol. The van der Waals surface area contributed by atoms with Crippen LogP contribution in [0.25, 0.3) is 0 Å². The first-order valence-corrected chi connectivity index (χ1v) is 8.01. The van der Waals surface area contributed by atoms with E-state index in [9.17, 15) is 4.79 Å². The highest BCUT2D eigenvalue weighted by atomic mass is 16.6. The summed E-state index contributed by atoms with van der Waals surface area (Å²) in [5, 5.41) is 0. The molecule has 0 amide bonds. The van der Waals surface area contributed by atoms with Gasteiger partial charge in [-0.15, -0.1) is 0 Å². The lowest BCUT2D eigenvalue weighted by Gasteiger charge is -2.45. The van der Waals surface area contributed by atoms with Gasteiger partial charge in [0, 0.05) is 11.3 Å². The number of carbonyl (C=O) groups excluding carboxylic acids is 1. The molecular formula is C18H26O2. The van der Waals surface area contributed by atoms with Crippen molar-refractivity contribution in [2.24, 2.45) is 16.7 Å². The Morgan fingerprint density at radius 3 is 2.85 bits per heavy atom. The van der Waals surface area contributed by atoms with E-state index in [1.807, 2.05) is 0 Å². The van der Waals surface area contributed by atoms with Crippen molar-refractivity contribution in [2.45, 2.75) is 65.9 Å². The largest absolute Gasteiger partial charge is 0.457 e. The van der Waals surface area contributed by atoms with Gasteiger partial charge in [0.25, 0.3) is 0 Å². The van der Waals surface area contributed by atoms with Crippen molar-refractivity contribution in [2.75, 3.05) is 0 Å². The normalized spacial score (nSPS) is 43.3. The van der Waals surface area contributed by atoms with Gasteiger partial charge in [0.1, 0.15) is 6.10 Å². The second kappa shape index (κ2) is 4.47. The maximum absolute atomic E-state index is 12.5. The van der Waals surface area contributed by atoms with E-state index in [-0.39, 0.29) is 22.9 Å². The molecular weight excluding hydrogens is 248 g/mol. The molecule has 0 aromatic carbocycles. The molecule has 2 nitrogen and oxygen atoms in total. The summed E-state index contributed by atoms with van der Waals surface area (Å²) in [6.45, 7) is 8.80. The summed E-state index contributed by atoms with van der Waals surface area (Å²) < 4.78 is 5.91. The average Bonchev–Trinajstić information content (AvgIpc) is 2.61. The number of hydrogen-bond donors (Lipinski definition) is 0. The molecule has 1 heterocycles. The molecule has 4 atom stereocenters. The van der Waals surface area contributed by atoms with E-state index in [1.54, 1.807) is 0 Å². The van der Waals surface area contributed by atoms with Crippen LogP contribution in [-0.2, 0) is 9.53 Å². The third-order valence-electron chi connectivity index (χ3n) is 5.90. The number of carbonyl (C=O) groups is 1. The predicted molar refractivity (Wildman–Crippen MR) is 80.2 cm³/mol. The summed E-state index contributed by atoms with van der Waals surface area (Å²) in [5.74, 6) is 0.410. The summed E-state index contributed by atoms with van der Waals surface area (Å²) in [5.41, 5.74) is 2.67. The molecule has 3 rings (SSSR count). The minimum absolute atomic E-state index is 0.0303. The Labute approximate surface area is 122 Å². The van der Waals surface area contributed by atoms with Gasteiger partial charge in [-0.25, -0.2) is 0 Å². The standard InChI is InChI=1S/C18H26O2/c1-5-9-18(4)13-8-11-17(3)10-6-7-12(2)14(17)15(13)20-16(18)19/h6,10,13,15H,5,7-9,11H2,1-4H3/t13-,15+,17-,18?/m1/s1. The van der Waals surface area contributed by atoms with Crippen molar-refractivity contribution in [3.8, 4) is 0 Å². The van der Waals surface area contributed by atoms with Crippen LogP contribution in [0.4, 0.5) is 0 Å². The first-order chi connectivity index (χ1) is 9.42. The second-order valence-electron chi connectivity index (χ2n) is 7.36. The maximum atomic E-state index is 12.5. The molecule has 0 N–H and O–H groups in total. The predicted octanol–water partition coefficient (Wildman–Crippen LogP) is 4.41. The van der Waals surface area contributed by atoms with Gasteiger partial charge in [0.15, 0.2) is 0 Å². The van der Waals surface area contributed by atoms with Gasteiger partial charge < -0.3 is 4.74 Å². The minimum atomic E-state index is -0.269. The second-order valence-corrected chi connectivity index (χ2v) is 7.36. The SMILES string of the molecule is CCCC1(C)C(=O)O[C@@H]2C3=C(C)CC=C[C@]3(C)CC[C@H]21. The van der Waals surface area contributed by atoms with E-state index in [4.69, 9.17) is 4.74 Å². The lowest BCUT2D eigenvalue weighted by Crippen LogP contribution is -2.41. The fourth-order valence-corrected chi connectivity index (χ4v) is 4.78. The Morgan fingerprint density at radius 2 is 2.15 bits per heavy atom. The summed E-state index contributed by atoms with van der Waals surface area (Å²) >= 11 is 0.